The summed E-state index contributed by atoms with van der Waals surface area (Å²) in [5.74, 6) is 0.921. The van der Waals surface area contributed by atoms with Gasteiger partial charge in [0, 0.05) is 38.0 Å². The summed E-state index contributed by atoms with van der Waals surface area (Å²) in [6, 6.07) is 7.69. The minimum atomic E-state index is -2.93. The number of benzene rings is 1. The van der Waals surface area contributed by atoms with Gasteiger partial charge in [0.25, 0.3) is 0 Å². The van der Waals surface area contributed by atoms with Crippen LogP contribution in [0.25, 0.3) is 0 Å². The minimum Gasteiger partial charge on any atom is -0.357 e. The quantitative estimate of drug-likeness (QED) is 0.286. The molecule has 8 heteroatoms. The summed E-state index contributed by atoms with van der Waals surface area (Å²) < 4.78 is 22.2. The molecule has 132 valence electrons. The molecule has 0 bridgehead atoms. The molecule has 0 atom stereocenters. The Morgan fingerprint density at radius 2 is 2.09 bits per heavy atom. The van der Waals surface area contributed by atoms with Crippen LogP contribution in [-0.2, 0) is 16.4 Å². The van der Waals surface area contributed by atoms with Gasteiger partial charge in [0.05, 0.1) is 5.75 Å². The van der Waals surface area contributed by atoms with Crippen molar-refractivity contribution >= 4 is 51.4 Å². The maximum atomic E-state index is 11.1. The number of aliphatic imine (C=N–C) groups is 1. The number of rotatable bonds is 7. The number of hydrogen-bond donors (Lipinski definition) is 1. The lowest BCUT2D eigenvalue weighted by molar-refractivity contribution is 0.477. The summed E-state index contributed by atoms with van der Waals surface area (Å²) in [5.41, 5.74) is 1.09. The van der Waals surface area contributed by atoms with E-state index in [1.54, 1.807) is 0 Å². The highest BCUT2D eigenvalue weighted by atomic mass is 127. The van der Waals surface area contributed by atoms with Crippen LogP contribution in [0.2, 0.25) is 5.02 Å². The van der Waals surface area contributed by atoms with Crippen molar-refractivity contribution in [2.75, 3.05) is 32.1 Å². The van der Waals surface area contributed by atoms with E-state index < -0.39 is 9.84 Å². The average molecular weight is 474 g/mol. The van der Waals surface area contributed by atoms with E-state index in [-0.39, 0.29) is 29.7 Å². The molecule has 0 fully saturated rings. The number of nitrogens with one attached hydrogen (secondary N) is 1. The Balaban J connectivity index is 0.00000484. The number of sulfone groups is 1. The van der Waals surface area contributed by atoms with Gasteiger partial charge in [-0.25, -0.2) is 8.42 Å². The molecule has 1 aromatic rings. The first-order chi connectivity index (χ1) is 10.3. The summed E-state index contributed by atoms with van der Waals surface area (Å²) >= 11 is 5.99. The van der Waals surface area contributed by atoms with Crippen LogP contribution in [-0.4, -0.2) is 51.4 Å². The number of nitrogens with zero attached hydrogens (tertiary/aromatic N) is 2. The fraction of sp³-hybridized carbons (Fsp3) is 0.533. The van der Waals surface area contributed by atoms with E-state index in [2.05, 4.69) is 10.3 Å². The summed E-state index contributed by atoms with van der Waals surface area (Å²) in [6.07, 6.45) is 1.77. The maximum Gasteiger partial charge on any atom is 0.193 e. The fourth-order valence-corrected chi connectivity index (χ4v) is 2.83. The topological polar surface area (TPSA) is 61.8 Å². The van der Waals surface area contributed by atoms with E-state index in [1.807, 2.05) is 43.1 Å². The van der Waals surface area contributed by atoms with Crippen molar-refractivity contribution in [2.45, 2.75) is 19.9 Å². The van der Waals surface area contributed by atoms with Crippen LogP contribution >= 0.6 is 35.6 Å². The lowest BCUT2D eigenvalue weighted by Crippen LogP contribution is -2.38. The Kier molecular flexibility index (Phi) is 10.8. The molecule has 0 heterocycles. The van der Waals surface area contributed by atoms with E-state index in [0.29, 0.717) is 24.5 Å². The minimum absolute atomic E-state index is 0. The monoisotopic (exact) mass is 473 g/mol. The Bertz CT molecular complexity index is 608. The molecule has 0 saturated carbocycles. The first kappa shape index (κ1) is 22.5. The van der Waals surface area contributed by atoms with E-state index in [0.717, 1.165) is 18.1 Å². The largest absolute Gasteiger partial charge is 0.357 e. The van der Waals surface area contributed by atoms with Gasteiger partial charge in [0.15, 0.2) is 5.96 Å². The molecule has 5 nitrogen and oxygen atoms in total. The average Bonchev–Trinajstić information content (AvgIpc) is 2.41. The molecule has 1 aromatic carbocycles. The predicted octanol–water partition coefficient (Wildman–Crippen LogP) is 2.79. The molecule has 0 radical (unpaired) electrons. The standard InChI is InChI=1S/C15H24ClN3O2S.HI/c1-4-17-15(18-9-6-10-22(3,20)21)19(2)12-13-7-5-8-14(16)11-13;/h5,7-8,11H,4,6,9-10,12H2,1-3H3,(H,17,18);1H. The van der Waals surface area contributed by atoms with Gasteiger partial charge >= 0.3 is 0 Å². The van der Waals surface area contributed by atoms with Gasteiger partial charge in [-0.15, -0.1) is 24.0 Å². The molecule has 0 aliphatic heterocycles. The molecule has 0 aromatic heterocycles. The van der Waals surface area contributed by atoms with Crippen molar-refractivity contribution in [3.8, 4) is 0 Å². The van der Waals surface area contributed by atoms with Gasteiger partial charge in [-0.3, -0.25) is 4.99 Å². The van der Waals surface area contributed by atoms with E-state index in [1.165, 1.54) is 6.26 Å². The zero-order chi connectivity index (χ0) is 16.6. The molecule has 0 amide bonds. The molecule has 1 N–H and O–H groups in total. The van der Waals surface area contributed by atoms with Crippen molar-refractivity contribution < 1.29 is 8.42 Å². The van der Waals surface area contributed by atoms with E-state index >= 15 is 0 Å². The van der Waals surface area contributed by atoms with Crippen molar-refractivity contribution in [2.24, 2.45) is 4.99 Å². The second-order valence-corrected chi connectivity index (χ2v) is 7.90. The zero-order valence-corrected chi connectivity index (χ0v) is 17.7. The van der Waals surface area contributed by atoms with Crippen LogP contribution < -0.4 is 5.32 Å². The Morgan fingerprint density at radius 1 is 1.39 bits per heavy atom. The van der Waals surface area contributed by atoms with Crippen LogP contribution in [0.15, 0.2) is 29.3 Å². The summed E-state index contributed by atoms with van der Waals surface area (Å²) in [4.78, 5) is 6.46. The maximum absolute atomic E-state index is 11.1. The molecule has 0 saturated heterocycles. The molecule has 0 aliphatic carbocycles. The summed E-state index contributed by atoms with van der Waals surface area (Å²) in [6.45, 7) is 3.91. The summed E-state index contributed by atoms with van der Waals surface area (Å²) in [7, 11) is -0.982. The fourth-order valence-electron chi connectivity index (χ4n) is 1.97. The van der Waals surface area contributed by atoms with Crippen molar-refractivity contribution in [1.82, 2.24) is 10.2 Å². The molecule has 0 unspecified atom stereocenters. The third kappa shape index (κ3) is 10.0. The van der Waals surface area contributed by atoms with Gasteiger partial charge < -0.3 is 10.2 Å². The van der Waals surface area contributed by atoms with Crippen molar-refractivity contribution in [1.29, 1.82) is 0 Å². The molecular formula is C15H25ClIN3O2S. The van der Waals surface area contributed by atoms with Gasteiger partial charge in [0.2, 0.25) is 0 Å². The molecule has 0 aliphatic rings. The highest BCUT2D eigenvalue weighted by Gasteiger charge is 2.07. The Morgan fingerprint density at radius 3 is 2.65 bits per heavy atom. The van der Waals surface area contributed by atoms with Gasteiger partial charge in [0.1, 0.15) is 9.84 Å². The normalized spacial score (nSPS) is 11.7. The van der Waals surface area contributed by atoms with Gasteiger partial charge in [-0.1, -0.05) is 23.7 Å². The highest BCUT2D eigenvalue weighted by molar-refractivity contribution is 14.0. The molecule has 0 spiro atoms. The van der Waals surface area contributed by atoms with Crippen LogP contribution in [0.1, 0.15) is 18.9 Å². The molecular weight excluding hydrogens is 449 g/mol. The Labute approximate surface area is 161 Å². The third-order valence-electron chi connectivity index (χ3n) is 2.94. The van der Waals surface area contributed by atoms with E-state index in [9.17, 15) is 8.42 Å². The van der Waals surface area contributed by atoms with Gasteiger partial charge in [-0.05, 0) is 31.0 Å². The predicted molar refractivity (Wildman–Crippen MR) is 109 cm³/mol. The van der Waals surface area contributed by atoms with E-state index in [4.69, 9.17) is 11.6 Å². The SMILES string of the molecule is CCNC(=NCCCS(C)(=O)=O)N(C)Cc1cccc(Cl)c1.I. The first-order valence-electron chi connectivity index (χ1n) is 7.23. The van der Waals surface area contributed by atoms with Crippen molar-refractivity contribution in [3.63, 3.8) is 0 Å². The number of guanidine groups is 1. The Hall–Kier alpha value is -0.540. The van der Waals surface area contributed by atoms with Crippen LogP contribution in [0, 0.1) is 0 Å². The van der Waals surface area contributed by atoms with Crippen molar-refractivity contribution in [3.05, 3.63) is 34.9 Å². The smallest absolute Gasteiger partial charge is 0.193 e. The van der Waals surface area contributed by atoms with Crippen LogP contribution in [0.3, 0.4) is 0 Å². The van der Waals surface area contributed by atoms with Crippen LogP contribution in [0.5, 0.6) is 0 Å². The number of halogens is 2. The number of hydrogen-bond acceptors (Lipinski definition) is 3. The second-order valence-electron chi connectivity index (χ2n) is 5.21. The third-order valence-corrected chi connectivity index (χ3v) is 4.21. The lowest BCUT2D eigenvalue weighted by Gasteiger charge is -2.22. The lowest BCUT2D eigenvalue weighted by atomic mass is 10.2. The zero-order valence-electron chi connectivity index (χ0n) is 13.8. The summed E-state index contributed by atoms with van der Waals surface area (Å²) in [5, 5.41) is 3.92. The second kappa shape index (κ2) is 11.1. The molecule has 23 heavy (non-hydrogen) atoms. The molecule has 1 rings (SSSR count). The first-order valence-corrected chi connectivity index (χ1v) is 9.67. The van der Waals surface area contributed by atoms with Gasteiger partial charge in [-0.2, -0.15) is 0 Å². The highest BCUT2D eigenvalue weighted by Crippen LogP contribution is 2.12. The van der Waals surface area contributed by atoms with Crippen LogP contribution in [0.4, 0.5) is 0 Å².